The summed E-state index contributed by atoms with van der Waals surface area (Å²) in [5.41, 5.74) is 0.726. The van der Waals surface area contributed by atoms with Crippen LogP contribution in [0.4, 0.5) is 0 Å². The summed E-state index contributed by atoms with van der Waals surface area (Å²) in [6, 6.07) is 0. The fraction of sp³-hybridized carbons (Fsp3) is 0.167. The lowest BCUT2D eigenvalue weighted by Crippen LogP contribution is -1.82. The Bertz CT molecular complexity index is 369. The molecule has 0 aliphatic carbocycles. The van der Waals surface area contributed by atoms with Crippen LogP contribution in [0.1, 0.15) is 0 Å². The van der Waals surface area contributed by atoms with Crippen molar-refractivity contribution in [2.24, 2.45) is 0 Å². The van der Waals surface area contributed by atoms with Crippen LogP contribution in [0.15, 0.2) is 17.6 Å². The molecule has 0 fully saturated rings. The number of hydrogen-bond donors (Lipinski definition) is 1. The van der Waals surface area contributed by atoms with Gasteiger partial charge in [0.05, 0.1) is 5.39 Å². The molecule has 0 saturated heterocycles. The van der Waals surface area contributed by atoms with E-state index in [1.807, 2.05) is 6.26 Å². The second-order valence-corrected chi connectivity index (χ2v) is 2.80. The predicted molar refractivity (Wildman–Crippen MR) is 43.5 cm³/mol. The van der Waals surface area contributed by atoms with Crippen LogP contribution in [0.2, 0.25) is 0 Å². The average Bonchev–Trinajstić information content (AvgIpc) is 2.50. The SMILES string of the molecule is CSc1ncnc2n[nH]cc12. The Morgan fingerprint density at radius 3 is 3.18 bits per heavy atom. The van der Waals surface area contributed by atoms with Crippen LogP contribution in [-0.2, 0) is 0 Å². The van der Waals surface area contributed by atoms with Crippen LogP contribution in [0, 0.1) is 0 Å². The second-order valence-electron chi connectivity index (χ2n) is 2.01. The van der Waals surface area contributed by atoms with Crippen molar-refractivity contribution in [3.05, 3.63) is 12.5 Å². The third kappa shape index (κ3) is 0.970. The number of nitrogens with zero attached hydrogens (tertiary/aromatic N) is 3. The van der Waals surface area contributed by atoms with E-state index in [2.05, 4.69) is 20.2 Å². The van der Waals surface area contributed by atoms with Crippen LogP contribution in [0.5, 0.6) is 0 Å². The molecule has 2 aromatic rings. The van der Waals surface area contributed by atoms with Gasteiger partial charge in [0, 0.05) is 6.20 Å². The van der Waals surface area contributed by atoms with E-state index in [0.29, 0.717) is 0 Å². The molecule has 56 valence electrons. The van der Waals surface area contributed by atoms with Gasteiger partial charge < -0.3 is 0 Å². The lowest BCUT2D eigenvalue weighted by molar-refractivity contribution is 1.07. The number of rotatable bonds is 1. The van der Waals surface area contributed by atoms with E-state index in [4.69, 9.17) is 0 Å². The van der Waals surface area contributed by atoms with Gasteiger partial charge in [-0.1, -0.05) is 0 Å². The lowest BCUT2D eigenvalue weighted by Gasteiger charge is -1.92. The minimum atomic E-state index is 0.726. The first-order valence-electron chi connectivity index (χ1n) is 3.10. The van der Waals surface area contributed by atoms with E-state index < -0.39 is 0 Å². The molecule has 1 N–H and O–H groups in total. The minimum absolute atomic E-state index is 0.726. The van der Waals surface area contributed by atoms with Gasteiger partial charge in [-0.15, -0.1) is 11.8 Å². The second kappa shape index (κ2) is 2.50. The van der Waals surface area contributed by atoms with E-state index in [0.717, 1.165) is 16.1 Å². The van der Waals surface area contributed by atoms with Crippen molar-refractivity contribution in [1.29, 1.82) is 0 Å². The standard InChI is InChI=1S/C6H6N4S/c1-11-6-4-2-9-10-5(4)7-3-8-6/h2-3H,1H3,(H,7,8,9,10). The fourth-order valence-electron chi connectivity index (χ4n) is 0.907. The molecule has 0 bridgehead atoms. The van der Waals surface area contributed by atoms with E-state index in [1.165, 1.54) is 6.33 Å². The monoisotopic (exact) mass is 166 g/mol. The number of aromatic amines is 1. The summed E-state index contributed by atoms with van der Waals surface area (Å²) in [6.07, 6.45) is 5.31. The zero-order valence-corrected chi connectivity index (χ0v) is 6.72. The highest BCUT2D eigenvalue weighted by Gasteiger charge is 2.02. The molecule has 11 heavy (non-hydrogen) atoms. The molecule has 0 aliphatic heterocycles. The van der Waals surface area contributed by atoms with Crippen LogP contribution in [0.25, 0.3) is 11.0 Å². The minimum Gasteiger partial charge on any atom is -0.283 e. The summed E-state index contributed by atoms with van der Waals surface area (Å²) in [6.45, 7) is 0. The Morgan fingerprint density at radius 1 is 1.45 bits per heavy atom. The topological polar surface area (TPSA) is 54.5 Å². The normalized spacial score (nSPS) is 10.6. The summed E-state index contributed by atoms with van der Waals surface area (Å²) in [4.78, 5) is 8.07. The molecule has 2 aromatic heterocycles. The summed E-state index contributed by atoms with van der Waals surface area (Å²) < 4.78 is 0. The maximum absolute atomic E-state index is 4.09. The van der Waals surface area contributed by atoms with E-state index >= 15 is 0 Å². The smallest absolute Gasteiger partial charge is 0.185 e. The molecule has 0 unspecified atom stereocenters. The average molecular weight is 166 g/mol. The van der Waals surface area contributed by atoms with Crippen molar-refractivity contribution in [2.75, 3.05) is 6.26 Å². The molecule has 2 heterocycles. The van der Waals surface area contributed by atoms with Crippen molar-refractivity contribution in [2.45, 2.75) is 5.03 Å². The molecule has 0 amide bonds. The van der Waals surface area contributed by atoms with Crippen LogP contribution in [-0.4, -0.2) is 26.4 Å². The van der Waals surface area contributed by atoms with Crippen LogP contribution < -0.4 is 0 Å². The maximum atomic E-state index is 4.09. The fourth-order valence-corrected chi connectivity index (χ4v) is 1.43. The van der Waals surface area contributed by atoms with Gasteiger partial charge in [0.15, 0.2) is 5.65 Å². The van der Waals surface area contributed by atoms with Gasteiger partial charge in [-0.3, -0.25) is 5.10 Å². The molecule has 0 aliphatic rings. The lowest BCUT2D eigenvalue weighted by atomic mass is 10.4. The third-order valence-corrected chi connectivity index (χ3v) is 2.11. The molecule has 0 radical (unpaired) electrons. The molecule has 5 heteroatoms. The summed E-state index contributed by atoms with van der Waals surface area (Å²) in [7, 11) is 0. The molecule has 4 nitrogen and oxygen atoms in total. The zero-order valence-electron chi connectivity index (χ0n) is 5.90. The molecule has 0 saturated carbocycles. The molecular weight excluding hydrogens is 160 g/mol. The third-order valence-electron chi connectivity index (χ3n) is 1.40. The van der Waals surface area contributed by atoms with Crippen LogP contribution in [0.3, 0.4) is 0 Å². The van der Waals surface area contributed by atoms with Gasteiger partial charge in [-0.25, -0.2) is 9.97 Å². The molecule has 0 spiro atoms. The van der Waals surface area contributed by atoms with Gasteiger partial charge in [0.2, 0.25) is 0 Å². The van der Waals surface area contributed by atoms with E-state index in [9.17, 15) is 0 Å². The molecular formula is C6H6N4S. The predicted octanol–water partition coefficient (Wildman–Crippen LogP) is 1.07. The Balaban J connectivity index is 2.79. The highest BCUT2D eigenvalue weighted by molar-refractivity contribution is 7.98. The molecule has 0 atom stereocenters. The van der Waals surface area contributed by atoms with E-state index in [-0.39, 0.29) is 0 Å². The van der Waals surface area contributed by atoms with Gasteiger partial charge in [0.25, 0.3) is 0 Å². The maximum Gasteiger partial charge on any atom is 0.185 e. The Kier molecular flexibility index (Phi) is 1.50. The molecule has 2 rings (SSSR count). The summed E-state index contributed by atoms with van der Waals surface area (Å²) >= 11 is 1.59. The highest BCUT2D eigenvalue weighted by Crippen LogP contribution is 2.19. The summed E-state index contributed by atoms with van der Waals surface area (Å²) in [5.74, 6) is 0. The highest BCUT2D eigenvalue weighted by atomic mass is 32.2. The number of H-pyrrole nitrogens is 1. The van der Waals surface area contributed by atoms with Crippen molar-refractivity contribution < 1.29 is 0 Å². The first-order chi connectivity index (χ1) is 5.42. The van der Waals surface area contributed by atoms with Crippen molar-refractivity contribution in [1.82, 2.24) is 20.2 Å². The Hall–Kier alpha value is -1.10. The summed E-state index contributed by atoms with van der Waals surface area (Å²) in [5, 5.41) is 8.63. The first kappa shape index (κ1) is 6.60. The van der Waals surface area contributed by atoms with Crippen molar-refractivity contribution in [3.8, 4) is 0 Å². The Labute approximate surface area is 67.4 Å². The zero-order chi connectivity index (χ0) is 7.68. The van der Waals surface area contributed by atoms with Crippen molar-refractivity contribution in [3.63, 3.8) is 0 Å². The Morgan fingerprint density at radius 2 is 2.36 bits per heavy atom. The van der Waals surface area contributed by atoms with Gasteiger partial charge in [0.1, 0.15) is 11.4 Å². The van der Waals surface area contributed by atoms with Gasteiger partial charge in [-0.2, -0.15) is 5.10 Å². The number of nitrogens with one attached hydrogen (secondary N) is 1. The first-order valence-corrected chi connectivity index (χ1v) is 4.33. The number of aromatic nitrogens is 4. The number of hydrogen-bond acceptors (Lipinski definition) is 4. The van der Waals surface area contributed by atoms with E-state index in [1.54, 1.807) is 18.0 Å². The quantitative estimate of drug-likeness (QED) is 0.508. The number of fused-ring (bicyclic) bond motifs is 1. The van der Waals surface area contributed by atoms with Gasteiger partial charge in [-0.05, 0) is 6.26 Å². The van der Waals surface area contributed by atoms with Crippen molar-refractivity contribution >= 4 is 22.8 Å². The largest absolute Gasteiger partial charge is 0.283 e. The number of thioether (sulfide) groups is 1. The van der Waals surface area contributed by atoms with Crippen LogP contribution >= 0.6 is 11.8 Å². The molecule has 0 aromatic carbocycles. The van der Waals surface area contributed by atoms with Gasteiger partial charge >= 0.3 is 0 Å².